The largest absolute Gasteiger partial charge is 0.476 e. The van der Waals surface area contributed by atoms with E-state index in [0.29, 0.717) is 46.8 Å². The maximum atomic E-state index is 15.1. The second kappa shape index (κ2) is 9.82. The minimum absolute atomic E-state index is 0.0261. The standard InChI is InChI=1S/C28H32F2N6O/c1-16(29)20-8-5-9-21(24(20)30)17(2)32-25-22-13-23(28(15-31)10-11-28)27(35-26(22)34-18(3)33-25)37-14-19-7-6-12-36(19)4/h5,8-9,13,16-17,19H,6-7,10-12,14H2,1-4H3,(H,32,33,34,35)/t16?,17-,19-/m1/s1. The first-order valence-corrected chi connectivity index (χ1v) is 12.9. The lowest BCUT2D eigenvalue weighted by Gasteiger charge is -2.22. The number of hydrogen-bond acceptors (Lipinski definition) is 7. The Bertz CT molecular complexity index is 1370. The Balaban J connectivity index is 1.53. The molecule has 9 heteroatoms. The van der Waals surface area contributed by atoms with Gasteiger partial charge in [0.05, 0.1) is 22.9 Å². The zero-order valence-corrected chi connectivity index (χ0v) is 21.7. The molecule has 194 valence electrons. The molecule has 2 aromatic heterocycles. The zero-order valence-electron chi connectivity index (χ0n) is 21.7. The van der Waals surface area contributed by atoms with Gasteiger partial charge in [-0.2, -0.15) is 10.2 Å². The van der Waals surface area contributed by atoms with E-state index in [4.69, 9.17) is 9.72 Å². The number of likely N-dealkylation sites (N-methyl/N-ethyl adjacent to an activating group) is 1. The molecule has 1 unspecified atom stereocenters. The van der Waals surface area contributed by atoms with E-state index >= 15 is 4.39 Å². The van der Waals surface area contributed by atoms with Crippen molar-refractivity contribution in [1.29, 1.82) is 5.26 Å². The third-order valence-electron chi connectivity index (χ3n) is 7.63. The number of anilines is 1. The number of rotatable bonds is 8. The number of fused-ring (bicyclic) bond motifs is 1. The van der Waals surface area contributed by atoms with E-state index in [-0.39, 0.29) is 5.56 Å². The quantitative estimate of drug-likeness (QED) is 0.419. The first-order valence-electron chi connectivity index (χ1n) is 12.9. The highest BCUT2D eigenvalue weighted by atomic mass is 19.1. The maximum Gasteiger partial charge on any atom is 0.220 e. The number of pyridine rings is 1. The van der Waals surface area contributed by atoms with Crippen molar-refractivity contribution in [2.45, 2.75) is 70.1 Å². The maximum absolute atomic E-state index is 15.1. The number of halogens is 2. The number of nitrogens with one attached hydrogen (secondary N) is 1. The number of aromatic nitrogens is 3. The van der Waals surface area contributed by atoms with Crippen LogP contribution >= 0.6 is 0 Å². The molecule has 5 rings (SSSR count). The van der Waals surface area contributed by atoms with E-state index in [1.807, 2.05) is 6.07 Å². The molecule has 3 heterocycles. The van der Waals surface area contributed by atoms with E-state index < -0.39 is 23.4 Å². The van der Waals surface area contributed by atoms with Gasteiger partial charge in [0.25, 0.3) is 0 Å². The van der Waals surface area contributed by atoms with Crippen molar-refractivity contribution in [3.05, 3.63) is 52.6 Å². The number of alkyl halides is 1. The number of hydrogen-bond donors (Lipinski definition) is 1. The minimum Gasteiger partial charge on any atom is -0.476 e. The topological polar surface area (TPSA) is 87.0 Å². The Kier molecular flexibility index (Phi) is 6.71. The third kappa shape index (κ3) is 4.82. The summed E-state index contributed by atoms with van der Waals surface area (Å²) in [7, 11) is 2.09. The monoisotopic (exact) mass is 506 g/mol. The summed E-state index contributed by atoms with van der Waals surface area (Å²) in [5.41, 5.74) is 0.921. The number of nitriles is 1. The van der Waals surface area contributed by atoms with Crippen LogP contribution in [0.25, 0.3) is 11.0 Å². The summed E-state index contributed by atoms with van der Waals surface area (Å²) in [6.45, 7) is 6.43. The first-order chi connectivity index (χ1) is 17.7. The van der Waals surface area contributed by atoms with Gasteiger partial charge in [-0.15, -0.1) is 0 Å². The second-order valence-electron chi connectivity index (χ2n) is 10.3. The van der Waals surface area contributed by atoms with Crippen LogP contribution in [0.1, 0.15) is 74.3 Å². The summed E-state index contributed by atoms with van der Waals surface area (Å²) in [4.78, 5) is 16.2. The van der Waals surface area contributed by atoms with E-state index in [2.05, 4.69) is 33.3 Å². The Morgan fingerprint density at radius 2 is 2.00 bits per heavy atom. The second-order valence-corrected chi connectivity index (χ2v) is 10.3. The summed E-state index contributed by atoms with van der Waals surface area (Å²) in [6.07, 6.45) is 2.26. The highest BCUT2D eigenvalue weighted by molar-refractivity contribution is 5.88. The SMILES string of the molecule is Cc1nc(N[C@H](C)c2cccc(C(C)F)c2F)c2cc(C3(C#N)CC3)c(OC[C@H]3CCCN3C)nc2n1. The molecule has 7 nitrogen and oxygen atoms in total. The van der Waals surface area contributed by atoms with Crippen molar-refractivity contribution in [2.24, 2.45) is 0 Å². The molecule has 3 aromatic rings. The molecule has 1 aromatic carbocycles. The highest BCUT2D eigenvalue weighted by Gasteiger charge is 2.48. The number of aryl methyl sites for hydroxylation is 1. The van der Waals surface area contributed by atoms with E-state index in [9.17, 15) is 9.65 Å². The lowest BCUT2D eigenvalue weighted by atomic mass is 9.97. The lowest BCUT2D eigenvalue weighted by molar-refractivity contribution is 0.192. The zero-order chi connectivity index (χ0) is 26.3. The van der Waals surface area contributed by atoms with Crippen LogP contribution in [-0.2, 0) is 5.41 Å². The van der Waals surface area contributed by atoms with Crippen LogP contribution in [0.3, 0.4) is 0 Å². The molecule has 2 fully saturated rings. The van der Waals surface area contributed by atoms with Crippen LogP contribution in [0.2, 0.25) is 0 Å². The van der Waals surface area contributed by atoms with E-state index in [1.165, 1.54) is 13.0 Å². The van der Waals surface area contributed by atoms with Gasteiger partial charge in [0.2, 0.25) is 5.88 Å². The van der Waals surface area contributed by atoms with Gasteiger partial charge in [-0.05, 0) is 66.1 Å². The molecule has 1 N–H and O–H groups in total. The van der Waals surface area contributed by atoms with Crippen molar-refractivity contribution in [3.8, 4) is 11.9 Å². The molecule has 1 aliphatic heterocycles. The predicted octanol–water partition coefficient (Wildman–Crippen LogP) is 5.70. The van der Waals surface area contributed by atoms with Crippen molar-refractivity contribution >= 4 is 16.9 Å². The Morgan fingerprint density at radius 3 is 2.65 bits per heavy atom. The highest BCUT2D eigenvalue weighted by Crippen LogP contribution is 2.51. The summed E-state index contributed by atoms with van der Waals surface area (Å²) >= 11 is 0. The van der Waals surface area contributed by atoms with Crippen molar-refractivity contribution in [3.63, 3.8) is 0 Å². The molecule has 1 saturated heterocycles. The molecular weight excluding hydrogens is 474 g/mol. The van der Waals surface area contributed by atoms with Crippen LogP contribution in [-0.4, -0.2) is 46.1 Å². The molecular formula is C28H32F2N6O. The third-order valence-corrected chi connectivity index (χ3v) is 7.63. The van der Waals surface area contributed by atoms with Crippen molar-refractivity contribution < 1.29 is 13.5 Å². The normalized spacial score (nSPS) is 20.4. The molecule has 2 aliphatic rings. The average molecular weight is 507 g/mol. The minimum atomic E-state index is -1.41. The predicted molar refractivity (Wildman–Crippen MR) is 138 cm³/mol. The van der Waals surface area contributed by atoms with Gasteiger partial charge in [0, 0.05) is 22.7 Å². The van der Waals surface area contributed by atoms with Crippen molar-refractivity contribution in [1.82, 2.24) is 19.9 Å². The molecule has 0 radical (unpaired) electrons. The Labute approximate surface area is 215 Å². The lowest BCUT2D eigenvalue weighted by Crippen LogP contribution is -2.31. The van der Waals surface area contributed by atoms with E-state index in [1.54, 1.807) is 26.0 Å². The number of ether oxygens (including phenoxy) is 1. The van der Waals surface area contributed by atoms with Gasteiger partial charge in [0.1, 0.15) is 30.2 Å². The molecule has 1 aliphatic carbocycles. The number of nitrogens with zero attached hydrogens (tertiary/aromatic N) is 5. The van der Waals surface area contributed by atoms with Crippen LogP contribution in [0.4, 0.5) is 14.6 Å². The van der Waals surface area contributed by atoms with Gasteiger partial charge in [-0.1, -0.05) is 18.2 Å². The van der Waals surface area contributed by atoms with Gasteiger partial charge in [0.15, 0.2) is 5.65 Å². The number of likely N-dealkylation sites (tertiary alicyclic amines) is 1. The van der Waals surface area contributed by atoms with Crippen LogP contribution in [0, 0.1) is 24.1 Å². The summed E-state index contributed by atoms with van der Waals surface area (Å²) in [5, 5.41) is 13.9. The fourth-order valence-electron chi connectivity index (χ4n) is 5.13. The van der Waals surface area contributed by atoms with Gasteiger partial charge >= 0.3 is 0 Å². The fourth-order valence-corrected chi connectivity index (χ4v) is 5.13. The molecule has 3 atom stereocenters. The molecule has 0 bridgehead atoms. The summed E-state index contributed by atoms with van der Waals surface area (Å²) in [6, 6.07) is 8.91. The fraction of sp³-hybridized carbons (Fsp3) is 0.500. The smallest absolute Gasteiger partial charge is 0.220 e. The molecule has 37 heavy (non-hydrogen) atoms. The molecule has 1 saturated carbocycles. The molecule has 0 amide bonds. The van der Waals surface area contributed by atoms with E-state index in [0.717, 1.165) is 37.8 Å². The molecule has 0 spiro atoms. The van der Waals surface area contributed by atoms with Gasteiger partial charge in [-0.3, -0.25) is 0 Å². The van der Waals surface area contributed by atoms with Crippen LogP contribution in [0.5, 0.6) is 5.88 Å². The van der Waals surface area contributed by atoms with Crippen LogP contribution in [0.15, 0.2) is 24.3 Å². The van der Waals surface area contributed by atoms with Gasteiger partial charge in [-0.25, -0.2) is 18.7 Å². The summed E-state index contributed by atoms with van der Waals surface area (Å²) < 4.78 is 35.2. The Hall–Kier alpha value is -3.38. The first kappa shape index (κ1) is 25.3. The van der Waals surface area contributed by atoms with Gasteiger partial charge < -0.3 is 15.0 Å². The Morgan fingerprint density at radius 1 is 1.24 bits per heavy atom. The van der Waals surface area contributed by atoms with Crippen LogP contribution < -0.4 is 10.1 Å². The van der Waals surface area contributed by atoms with Crippen molar-refractivity contribution in [2.75, 3.05) is 25.5 Å². The number of benzene rings is 1. The average Bonchev–Trinajstić information content (AvgIpc) is 3.56. The summed E-state index contributed by atoms with van der Waals surface area (Å²) in [5.74, 6) is 0.856.